The smallest absolute Gasteiger partial charge is 0.328 e. The number of benzene rings is 1. The summed E-state index contributed by atoms with van der Waals surface area (Å²) in [5.41, 5.74) is 0.476. The van der Waals surface area contributed by atoms with E-state index in [1.807, 2.05) is 0 Å². The minimum absolute atomic E-state index is 0.0642. The Morgan fingerprint density at radius 1 is 1.35 bits per heavy atom. The SMILES string of the molecule is O=C(O)/C=C/c1ccc(NC(=O)NC2CCC2)c(F)c1. The van der Waals surface area contributed by atoms with Crippen LogP contribution in [-0.4, -0.2) is 23.1 Å². The number of carbonyl (C=O) groups excluding carboxylic acids is 1. The lowest BCUT2D eigenvalue weighted by Gasteiger charge is -2.26. The molecule has 0 aliphatic heterocycles. The lowest BCUT2D eigenvalue weighted by Crippen LogP contribution is -2.41. The number of carbonyl (C=O) groups is 2. The molecule has 0 bridgehead atoms. The van der Waals surface area contributed by atoms with Crippen LogP contribution in [0.2, 0.25) is 0 Å². The van der Waals surface area contributed by atoms with E-state index in [2.05, 4.69) is 10.6 Å². The Kier molecular flexibility index (Phi) is 4.34. The second-order valence-corrected chi connectivity index (χ2v) is 4.64. The summed E-state index contributed by atoms with van der Waals surface area (Å²) < 4.78 is 13.7. The van der Waals surface area contributed by atoms with Gasteiger partial charge in [0.25, 0.3) is 0 Å². The number of nitrogens with one attached hydrogen (secondary N) is 2. The quantitative estimate of drug-likeness (QED) is 0.741. The van der Waals surface area contributed by atoms with Crippen LogP contribution in [0.5, 0.6) is 0 Å². The van der Waals surface area contributed by atoms with E-state index in [1.54, 1.807) is 0 Å². The third-order valence-electron chi connectivity index (χ3n) is 3.10. The maximum atomic E-state index is 13.7. The summed E-state index contributed by atoms with van der Waals surface area (Å²) in [6, 6.07) is 3.84. The number of carboxylic acids is 1. The first kappa shape index (κ1) is 14.0. The van der Waals surface area contributed by atoms with Crippen molar-refractivity contribution in [2.24, 2.45) is 0 Å². The highest BCUT2D eigenvalue weighted by atomic mass is 19.1. The van der Waals surface area contributed by atoms with Crippen LogP contribution < -0.4 is 10.6 Å². The van der Waals surface area contributed by atoms with Gasteiger partial charge in [0.05, 0.1) is 5.69 Å². The minimum atomic E-state index is -1.10. The summed E-state index contributed by atoms with van der Waals surface area (Å²) in [6.45, 7) is 0. The summed E-state index contributed by atoms with van der Waals surface area (Å²) >= 11 is 0. The number of rotatable bonds is 4. The molecule has 5 nitrogen and oxygen atoms in total. The highest BCUT2D eigenvalue weighted by molar-refractivity contribution is 5.90. The van der Waals surface area contributed by atoms with Gasteiger partial charge in [0.2, 0.25) is 0 Å². The predicted octanol–water partition coefficient (Wildman–Crippen LogP) is 2.60. The molecule has 0 unspecified atom stereocenters. The molecule has 1 fully saturated rings. The van der Waals surface area contributed by atoms with E-state index in [9.17, 15) is 14.0 Å². The van der Waals surface area contributed by atoms with Crippen LogP contribution in [0.1, 0.15) is 24.8 Å². The van der Waals surface area contributed by atoms with Crippen LogP contribution in [-0.2, 0) is 4.79 Å². The van der Waals surface area contributed by atoms with Gasteiger partial charge in [-0.15, -0.1) is 0 Å². The molecule has 1 aromatic carbocycles. The molecule has 1 saturated carbocycles. The molecule has 1 aromatic rings. The van der Waals surface area contributed by atoms with Crippen LogP contribution in [0.4, 0.5) is 14.9 Å². The molecule has 0 atom stereocenters. The monoisotopic (exact) mass is 278 g/mol. The van der Waals surface area contributed by atoms with E-state index < -0.39 is 17.8 Å². The maximum Gasteiger partial charge on any atom is 0.328 e. The molecule has 106 valence electrons. The molecule has 0 spiro atoms. The summed E-state index contributed by atoms with van der Waals surface area (Å²) in [5, 5.41) is 13.7. The maximum absolute atomic E-state index is 13.7. The Morgan fingerprint density at radius 2 is 2.10 bits per heavy atom. The third-order valence-corrected chi connectivity index (χ3v) is 3.10. The van der Waals surface area contributed by atoms with Crippen molar-refractivity contribution in [2.45, 2.75) is 25.3 Å². The van der Waals surface area contributed by atoms with Crippen molar-refractivity contribution < 1.29 is 19.1 Å². The first-order valence-electron chi connectivity index (χ1n) is 6.32. The Labute approximate surface area is 115 Å². The number of aliphatic carboxylic acids is 1. The molecule has 2 rings (SSSR count). The number of urea groups is 1. The molecule has 1 aliphatic carbocycles. The van der Waals surface area contributed by atoms with Gasteiger partial charge in [0, 0.05) is 12.1 Å². The highest BCUT2D eigenvalue weighted by Crippen LogP contribution is 2.19. The van der Waals surface area contributed by atoms with E-state index in [4.69, 9.17) is 5.11 Å². The fourth-order valence-corrected chi connectivity index (χ4v) is 1.80. The van der Waals surface area contributed by atoms with Crippen LogP contribution in [0.15, 0.2) is 24.3 Å². The van der Waals surface area contributed by atoms with Crippen LogP contribution in [0.25, 0.3) is 6.08 Å². The Hall–Kier alpha value is -2.37. The molecular weight excluding hydrogens is 263 g/mol. The second kappa shape index (κ2) is 6.18. The summed E-state index contributed by atoms with van der Waals surface area (Å²) in [4.78, 5) is 21.9. The Morgan fingerprint density at radius 3 is 2.65 bits per heavy atom. The van der Waals surface area contributed by atoms with Gasteiger partial charge in [-0.05, 0) is 43.0 Å². The third kappa shape index (κ3) is 3.81. The molecule has 2 amide bonds. The number of anilines is 1. The van der Waals surface area contributed by atoms with E-state index in [0.29, 0.717) is 5.56 Å². The summed E-state index contributed by atoms with van der Waals surface area (Å²) in [6.07, 6.45) is 5.21. The van der Waals surface area contributed by atoms with Crippen LogP contribution >= 0.6 is 0 Å². The van der Waals surface area contributed by atoms with Gasteiger partial charge in [-0.25, -0.2) is 14.0 Å². The first-order chi connectivity index (χ1) is 9.54. The van der Waals surface area contributed by atoms with Crippen molar-refractivity contribution in [3.8, 4) is 0 Å². The Bertz CT molecular complexity index is 553. The van der Waals surface area contributed by atoms with Gasteiger partial charge in [0.1, 0.15) is 5.82 Å². The molecule has 20 heavy (non-hydrogen) atoms. The summed E-state index contributed by atoms with van der Waals surface area (Å²) in [7, 11) is 0. The van der Waals surface area contributed by atoms with Gasteiger partial charge in [-0.1, -0.05) is 6.07 Å². The average molecular weight is 278 g/mol. The number of hydrogen-bond acceptors (Lipinski definition) is 2. The van der Waals surface area contributed by atoms with Crippen molar-refractivity contribution in [2.75, 3.05) is 5.32 Å². The van der Waals surface area contributed by atoms with E-state index >= 15 is 0 Å². The number of amides is 2. The first-order valence-corrected chi connectivity index (χ1v) is 6.32. The normalized spacial score (nSPS) is 14.8. The lowest BCUT2D eigenvalue weighted by atomic mass is 9.93. The predicted molar refractivity (Wildman–Crippen MR) is 72.9 cm³/mol. The van der Waals surface area contributed by atoms with E-state index in [1.165, 1.54) is 24.3 Å². The fraction of sp³-hybridized carbons (Fsp3) is 0.286. The van der Waals surface area contributed by atoms with Gasteiger partial charge in [-0.3, -0.25) is 0 Å². The van der Waals surface area contributed by atoms with Crippen molar-refractivity contribution >= 4 is 23.8 Å². The largest absolute Gasteiger partial charge is 0.478 e. The number of hydrogen-bond donors (Lipinski definition) is 3. The molecule has 6 heteroatoms. The van der Waals surface area contributed by atoms with Crippen LogP contribution in [0, 0.1) is 5.82 Å². The topological polar surface area (TPSA) is 78.4 Å². The summed E-state index contributed by atoms with van der Waals surface area (Å²) in [5.74, 6) is -1.71. The lowest BCUT2D eigenvalue weighted by molar-refractivity contribution is -0.131. The van der Waals surface area contributed by atoms with Gasteiger partial charge < -0.3 is 15.7 Å². The fourth-order valence-electron chi connectivity index (χ4n) is 1.80. The highest BCUT2D eigenvalue weighted by Gasteiger charge is 2.19. The van der Waals surface area contributed by atoms with Crippen molar-refractivity contribution in [1.82, 2.24) is 5.32 Å². The second-order valence-electron chi connectivity index (χ2n) is 4.64. The minimum Gasteiger partial charge on any atom is -0.478 e. The average Bonchev–Trinajstić information content (AvgIpc) is 2.34. The molecule has 1 aliphatic rings. The zero-order valence-electron chi connectivity index (χ0n) is 10.7. The standard InChI is InChI=1S/C14H15FN2O3/c15-11-8-9(5-7-13(18)19)4-6-12(11)17-14(20)16-10-2-1-3-10/h4-8,10H,1-3H2,(H,18,19)(H2,16,17,20)/b7-5+. The van der Waals surface area contributed by atoms with E-state index in [-0.39, 0.29) is 11.7 Å². The molecule has 0 aromatic heterocycles. The number of halogens is 1. The Balaban J connectivity index is 1.98. The molecule has 3 N–H and O–H groups in total. The van der Waals surface area contributed by atoms with Crippen molar-refractivity contribution in [1.29, 1.82) is 0 Å². The van der Waals surface area contributed by atoms with Gasteiger partial charge in [-0.2, -0.15) is 0 Å². The van der Waals surface area contributed by atoms with Crippen molar-refractivity contribution in [3.05, 3.63) is 35.7 Å². The van der Waals surface area contributed by atoms with Crippen molar-refractivity contribution in [3.63, 3.8) is 0 Å². The van der Waals surface area contributed by atoms with E-state index in [0.717, 1.165) is 25.3 Å². The zero-order valence-corrected chi connectivity index (χ0v) is 10.7. The van der Waals surface area contributed by atoms with Gasteiger partial charge in [0.15, 0.2) is 0 Å². The molecule has 0 saturated heterocycles. The zero-order chi connectivity index (χ0) is 14.5. The molecule has 0 radical (unpaired) electrons. The van der Waals surface area contributed by atoms with Crippen LogP contribution in [0.3, 0.4) is 0 Å². The number of carboxylic acid groups (broad SMARTS) is 1. The van der Waals surface area contributed by atoms with Gasteiger partial charge >= 0.3 is 12.0 Å². The molecule has 0 heterocycles. The molecular formula is C14H15FN2O3.